The lowest BCUT2D eigenvalue weighted by Crippen LogP contribution is -2.46. The lowest BCUT2D eigenvalue weighted by Gasteiger charge is -2.31. The summed E-state index contributed by atoms with van der Waals surface area (Å²) >= 11 is 0. The molecule has 1 aliphatic rings. The number of benzene rings is 4. The van der Waals surface area contributed by atoms with Gasteiger partial charge in [0.25, 0.3) is 0 Å². The summed E-state index contributed by atoms with van der Waals surface area (Å²) in [5, 5.41) is 1.17. The highest BCUT2D eigenvalue weighted by Gasteiger charge is 2.38. The van der Waals surface area contributed by atoms with Crippen molar-refractivity contribution in [2.45, 2.75) is 37.8 Å². The van der Waals surface area contributed by atoms with Crippen molar-refractivity contribution in [1.82, 2.24) is 14.8 Å². The van der Waals surface area contributed by atoms with Crippen LogP contribution in [0.4, 0.5) is 0 Å². The highest BCUT2D eigenvalue weighted by molar-refractivity contribution is 5.91. The van der Waals surface area contributed by atoms with Crippen molar-refractivity contribution in [2.75, 3.05) is 20.2 Å². The van der Waals surface area contributed by atoms with Crippen molar-refractivity contribution in [2.24, 2.45) is 0 Å². The molecule has 0 saturated heterocycles. The summed E-state index contributed by atoms with van der Waals surface area (Å²) in [6.45, 7) is 1.06. The normalized spacial score (nSPS) is 12.8. The summed E-state index contributed by atoms with van der Waals surface area (Å²) in [5.74, 6) is 0.251. The zero-order valence-corrected chi connectivity index (χ0v) is 24.5. The number of rotatable bonds is 12. The van der Waals surface area contributed by atoms with Crippen molar-refractivity contribution in [3.63, 3.8) is 0 Å². The molecule has 0 atom stereocenters. The number of fused-ring (bicyclic) bond motifs is 1. The predicted molar refractivity (Wildman–Crippen MR) is 170 cm³/mol. The number of aromatic nitrogens is 1. The van der Waals surface area contributed by atoms with Crippen LogP contribution in [0, 0.1) is 0 Å². The minimum atomic E-state index is -0.461. The fraction of sp³-hybridized carbons (Fsp3) is 0.243. The number of carbonyl (C=O) groups is 2. The number of H-pyrrole nitrogens is 1. The summed E-state index contributed by atoms with van der Waals surface area (Å²) in [6, 6.07) is 35.9. The van der Waals surface area contributed by atoms with Crippen LogP contribution in [0.25, 0.3) is 10.9 Å². The van der Waals surface area contributed by atoms with Gasteiger partial charge in [-0.15, -0.1) is 0 Å². The topological polar surface area (TPSA) is 65.6 Å². The Morgan fingerprint density at radius 3 is 2.09 bits per heavy atom. The first-order chi connectivity index (χ1) is 21.1. The van der Waals surface area contributed by atoms with Gasteiger partial charge < -0.3 is 19.5 Å². The van der Waals surface area contributed by atoms with Gasteiger partial charge in [-0.3, -0.25) is 9.59 Å². The number of nitrogens with zero attached hydrogens (tertiary/aromatic N) is 2. The van der Waals surface area contributed by atoms with E-state index >= 15 is 0 Å². The fourth-order valence-corrected chi connectivity index (χ4v) is 5.79. The van der Waals surface area contributed by atoms with E-state index in [1.165, 1.54) is 10.9 Å². The van der Waals surface area contributed by atoms with Crippen LogP contribution in [-0.4, -0.2) is 52.8 Å². The van der Waals surface area contributed by atoms with E-state index in [1.54, 1.807) is 7.11 Å². The van der Waals surface area contributed by atoms with Crippen molar-refractivity contribution in [3.05, 3.63) is 138 Å². The van der Waals surface area contributed by atoms with Crippen LogP contribution in [0.15, 0.2) is 115 Å². The summed E-state index contributed by atoms with van der Waals surface area (Å²) < 4.78 is 5.34. The van der Waals surface area contributed by atoms with Crippen LogP contribution in [0.2, 0.25) is 0 Å². The lowest BCUT2D eigenvalue weighted by atomic mass is 9.90. The lowest BCUT2D eigenvalue weighted by molar-refractivity contribution is -0.141. The van der Waals surface area contributed by atoms with Gasteiger partial charge in [0.05, 0.1) is 13.0 Å². The molecule has 0 radical (unpaired) electrons. The van der Waals surface area contributed by atoms with Crippen molar-refractivity contribution in [3.8, 4) is 5.75 Å². The van der Waals surface area contributed by atoms with Gasteiger partial charge in [-0.1, -0.05) is 91.0 Å². The van der Waals surface area contributed by atoms with E-state index in [4.69, 9.17) is 4.74 Å². The maximum Gasteiger partial charge on any atom is 0.242 e. The third-order valence-electron chi connectivity index (χ3n) is 8.30. The highest BCUT2D eigenvalue weighted by atomic mass is 16.5. The van der Waals surface area contributed by atoms with Crippen LogP contribution in [0.1, 0.15) is 41.0 Å². The molecule has 5 aromatic rings. The number of nitrogens with one attached hydrogen (secondary N) is 1. The molecule has 218 valence electrons. The van der Waals surface area contributed by atoms with Gasteiger partial charge in [0.1, 0.15) is 12.3 Å². The first kappa shape index (κ1) is 28.3. The molecule has 6 nitrogen and oxygen atoms in total. The molecule has 6 heteroatoms. The third kappa shape index (κ3) is 6.64. The molecule has 1 N–H and O–H groups in total. The molecule has 1 aliphatic carbocycles. The van der Waals surface area contributed by atoms with Crippen molar-refractivity contribution < 1.29 is 14.3 Å². The fourth-order valence-electron chi connectivity index (χ4n) is 5.79. The highest BCUT2D eigenvalue weighted by Crippen LogP contribution is 2.33. The monoisotopic (exact) mass is 571 g/mol. The van der Waals surface area contributed by atoms with Gasteiger partial charge in [-0.05, 0) is 59.7 Å². The van der Waals surface area contributed by atoms with Gasteiger partial charge in [-0.2, -0.15) is 0 Å². The Hall–Kier alpha value is -4.84. The van der Waals surface area contributed by atoms with Crippen LogP contribution in [-0.2, 0) is 22.6 Å². The largest absolute Gasteiger partial charge is 0.497 e. The molecule has 1 fully saturated rings. The number of hydrogen-bond acceptors (Lipinski definition) is 3. The third-order valence-corrected chi connectivity index (χ3v) is 8.30. The first-order valence-corrected chi connectivity index (χ1v) is 15.0. The van der Waals surface area contributed by atoms with E-state index in [0.717, 1.165) is 40.8 Å². The Labute approximate surface area is 252 Å². The number of hydrogen-bond donors (Lipinski definition) is 1. The second kappa shape index (κ2) is 13.0. The molecule has 1 saturated carbocycles. The van der Waals surface area contributed by atoms with E-state index in [-0.39, 0.29) is 24.4 Å². The summed E-state index contributed by atoms with van der Waals surface area (Å²) in [6.07, 6.45) is 4.58. The van der Waals surface area contributed by atoms with Gasteiger partial charge in [-0.25, -0.2) is 0 Å². The molecular weight excluding hydrogens is 534 g/mol. The predicted octanol–water partition coefficient (Wildman–Crippen LogP) is 6.57. The quantitative estimate of drug-likeness (QED) is 0.184. The van der Waals surface area contributed by atoms with E-state index in [9.17, 15) is 9.59 Å². The van der Waals surface area contributed by atoms with Crippen LogP contribution in [0.5, 0.6) is 5.75 Å². The zero-order chi connectivity index (χ0) is 29.6. The molecular formula is C37H37N3O3. The Morgan fingerprint density at radius 1 is 0.837 bits per heavy atom. The summed E-state index contributed by atoms with van der Waals surface area (Å²) in [4.78, 5) is 35.6. The van der Waals surface area contributed by atoms with Crippen molar-refractivity contribution >= 4 is 22.7 Å². The van der Waals surface area contributed by atoms with Crippen LogP contribution < -0.4 is 4.74 Å². The number of aromatic amines is 1. The minimum Gasteiger partial charge on any atom is -0.497 e. The molecule has 1 aromatic heterocycles. The van der Waals surface area contributed by atoms with Gasteiger partial charge in [0, 0.05) is 36.2 Å². The van der Waals surface area contributed by atoms with E-state index in [2.05, 4.69) is 17.1 Å². The smallest absolute Gasteiger partial charge is 0.242 e. The molecule has 4 aromatic carbocycles. The number of ether oxygens (including phenoxy) is 1. The molecule has 0 bridgehead atoms. The summed E-state index contributed by atoms with van der Waals surface area (Å²) in [7, 11) is 1.65. The van der Waals surface area contributed by atoms with E-state index < -0.39 is 5.92 Å². The molecule has 0 aliphatic heterocycles. The SMILES string of the molecule is COc1ccc(CN(CCc2c[nH]c3ccccc23)C(=O)CN(C(=O)C(c2ccccc2)c2ccccc2)C2CC2)cc1. The number of carbonyl (C=O) groups excluding carboxylic acids is 2. The minimum absolute atomic E-state index is 0.0192. The van der Waals surface area contributed by atoms with Gasteiger partial charge in [0.15, 0.2) is 0 Å². The zero-order valence-electron chi connectivity index (χ0n) is 24.5. The van der Waals surface area contributed by atoms with Crippen molar-refractivity contribution in [1.29, 1.82) is 0 Å². The second-order valence-electron chi connectivity index (χ2n) is 11.2. The Morgan fingerprint density at radius 2 is 1.47 bits per heavy atom. The average Bonchev–Trinajstić information content (AvgIpc) is 3.82. The molecule has 0 spiro atoms. The standard InChI is InChI=1S/C37H37N3O3/c1-43-32-20-16-27(17-21-32)25-39(23-22-30-24-38-34-15-9-8-14-33(30)34)35(41)26-40(31-18-19-31)37(42)36(28-10-4-2-5-11-28)29-12-6-3-7-13-29/h2-17,20-21,24,31,36,38H,18-19,22-23,25-26H2,1H3. The maximum absolute atomic E-state index is 14.3. The number of para-hydroxylation sites is 1. The Kier molecular flexibility index (Phi) is 8.55. The van der Waals surface area contributed by atoms with Crippen LogP contribution in [0.3, 0.4) is 0 Å². The van der Waals surface area contributed by atoms with Crippen LogP contribution >= 0.6 is 0 Å². The maximum atomic E-state index is 14.3. The summed E-state index contributed by atoms with van der Waals surface area (Å²) in [5.41, 5.74) is 5.15. The van der Waals surface area contributed by atoms with Gasteiger partial charge >= 0.3 is 0 Å². The Balaban J connectivity index is 1.26. The van der Waals surface area contributed by atoms with E-state index in [0.29, 0.717) is 19.5 Å². The molecule has 0 unspecified atom stereocenters. The average molecular weight is 572 g/mol. The molecule has 2 amide bonds. The Bertz CT molecular complexity index is 1620. The number of amides is 2. The molecule has 6 rings (SSSR count). The molecule has 1 heterocycles. The first-order valence-electron chi connectivity index (χ1n) is 15.0. The number of methoxy groups -OCH3 is 1. The molecule has 43 heavy (non-hydrogen) atoms. The second-order valence-corrected chi connectivity index (χ2v) is 11.2. The van der Waals surface area contributed by atoms with E-state index in [1.807, 2.05) is 113 Å². The van der Waals surface area contributed by atoms with Gasteiger partial charge in [0.2, 0.25) is 11.8 Å².